The Labute approximate surface area is 171 Å². The number of nitrogens with one attached hydrogen (secondary N) is 1. The fourth-order valence-electron chi connectivity index (χ4n) is 5.01. The topological polar surface area (TPSA) is 79.0 Å². The van der Waals surface area contributed by atoms with Gasteiger partial charge in [0.1, 0.15) is 0 Å². The van der Waals surface area contributed by atoms with Gasteiger partial charge in [-0.05, 0) is 31.7 Å². The predicted octanol–water partition coefficient (Wildman–Crippen LogP) is 1.35. The van der Waals surface area contributed by atoms with Crippen LogP contribution in [0.5, 0.6) is 0 Å². The number of ether oxygens (including phenoxy) is 1. The van der Waals surface area contributed by atoms with Gasteiger partial charge >= 0.3 is 0 Å². The Bertz CT molecular complexity index is 763. The number of benzene rings is 1. The molecule has 7 heteroatoms. The lowest BCUT2D eigenvalue weighted by Crippen LogP contribution is -2.57. The number of hydrogen-bond donors (Lipinski definition) is 1. The van der Waals surface area contributed by atoms with Crippen LogP contribution in [0.3, 0.4) is 0 Å². The molecule has 3 aliphatic rings. The number of fused-ring (bicyclic) bond motifs is 1. The van der Waals surface area contributed by atoms with Gasteiger partial charge in [0.15, 0.2) is 0 Å². The minimum atomic E-state index is -0.301. The molecule has 1 aromatic rings. The zero-order valence-electron chi connectivity index (χ0n) is 16.9. The minimum Gasteiger partial charge on any atom is -0.381 e. The first kappa shape index (κ1) is 19.9. The molecule has 0 spiro atoms. The second kappa shape index (κ2) is 8.53. The number of amides is 3. The SMILES string of the molecule is CCNC(=O)[C@@H]1C[C@@H]2CN(C(=O)C3CCOCC3)CC(=O)N2[C@@H]1c1ccccc1. The highest BCUT2D eigenvalue weighted by Crippen LogP contribution is 2.43. The van der Waals surface area contributed by atoms with Crippen LogP contribution in [0.1, 0.15) is 37.8 Å². The Balaban J connectivity index is 1.57. The molecular formula is C22H29N3O4. The molecule has 0 unspecified atom stereocenters. The van der Waals surface area contributed by atoms with Crippen molar-refractivity contribution in [2.75, 3.05) is 32.8 Å². The van der Waals surface area contributed by atoms with Crippen molar-refractivity contribution in [3.8, 4) is 0 Å². The first-order valence-corrected chi connectivity index (χ1v) is 10.6. The summed E-state index contributed by atoms with van der Waals surface area (Å²) in [6, 6.07) is 9.36. The molecule has 7 nitrogen and oxygen atoms in total. The zero-order valence-corrected chi connectivity index (χ0v) is 16.9. The van der Waals surface area contributed by atoms with E-state index in [0.717, 1.165) is 5.56 Å². The quantitative estimate of drug-likeness (QED) is 0.829. The fourth-order valence-corrected chi connectivity index (χ4v) is 5.01. The minimum absolute atomic E-state index is 0.0224. The van der Waals surface area contributed by atoms with E-state index in [1.54, 1.807) is 4.90 Å². The standard InChI is InChI=1S/C22H29N3O4/c1-2-23-21(27)18-12-17-13-24(22(28)16-8-10-29-11-9-16)14-19(26)25(17)20(18)15-6-4-3-5-7-15/h3-7,16-18,20H,2,8-14H2,1H3,(H,23,27)/t17-,18-,20-/m1/s1. The van der Waals surface area contributed by atoms with Gasteiger partial charge in [-0.25, -0.2) is 0 Å². The Morgan fingerprint density at radius 1 is 1.17 bits per heavy atom. The van der Waals surface area contributed by atoms with Crippen LogP contribution < -0.4 is 5.32 Å². The van der Waals surface area contributed by atoms with Gasteiger partial charge in [0, 0.05) is 32.2 Å². The first-order chi connectivity index (χ1) is 14.1. The number of carbonyl (C=O) groups is 3. The van der Waals surface area contributed by atoms with E-state index in [-0.39, 0.29) is 48.2 Å². The summed E-state index contributed by atoms with van der Waals surface area (Å²) in [5, 5.41) is 2.93. The molecule has 1 aromatic carbocycles. The highest BCUT2D eigenvalue weighted by atomic mass is 16.5. The summed E-state index contributed by atoms with van der Waals surface area (Å²) in [4.78, 5) is 42.5. The maximum atomic E-state index is 13.2. The van der Waals surface area contributed by atoms with Crippen LogP contribution >= 0.6 is 0 Å². The number of nitrogens with zero attached hydrogens (tertiary/aromatic N) is 2. The number of hydrogen-bond acceptors (Lipinski definition) is 4. The van der Waals surface area contributed by atoms with Crippen molar-refractivity contribution in [3.05, 3.63) is 35.9 Å². The fraction of sp³-hybridized carbons (Fsp3) is 0.591. The Morgan fingerprint density at radius 2 is 1.90 bits per heavy atom. The van der Waals surface area contributed by atoms with Crippen LogP contribution in [-0.2, 0) is 19.1 Å². The van der Waals surface area contributed by atoms with Gasteiger partial charge in [-0.2, -0.15) is 0 Å². The second-order valence-electron chi connectivity index (χ2n) is 8.15. The van der Waals surface area contributed by atoms with Crippen molar-refractivity contribution in [3.63, 3.8) is 0 Å². The average Bonchev–Trinajstić information content (AvgIpc) is 3.15. The van der Waals surface area contributed by atoms with Gasteiger partial charge < -0.3 is 19.9 Å². The summed E-state index contributed by atoms with van der Waals surface area (Å²) in [6.45, 7) is 4.26. The van der Waals surface area contributed by atoms with E-state index in [1.807, 2.05) is 42.2 Å². The van der Waals surface area contributed by atoms with Crippen molar-refractivity contribution >= 4 is 17.7 Å². The number of rotatable bonds is 4. The molecule has 1 N–H and O–H groups in total. The van der Waals surface area contributed by atoms with Gasteiger partial charge in [0.25, 0.3) is 0 Å². The summed E-state index contributed by atoms with van der Waals surface area (Å²) in [5.41, 5.74) is 0.976. The molecule has 3 amide bonds. The molecule has 3 heterocycles. The van der Waals surface area contributed by atoms with Crippen molar-refractivity contribution in [1.29, 1.82) is 0 Å². The van der Waals surface area contributed by atoms with E-state index in [0.29, 0.717) is 45.6 Å². The lowest BCUT2D eigenvalue weighted by molar-refractivity contribution is -0.152. The van der Waals surface area contributed by atoms with E-state index < -0.39 is 0 Å². The van der Waals surface area contributed by atoms with Crippen LogP contribution in [-0.4, -0.2) is 66.4 Å². The van der Waals surface area contributed by atoms with Gasteiger partial charge in [-0.1, -0.05) is 30.3 Å². The number of piperazine rings is 1. The van der Waals surface area contributed by atoms with E-state index in [1.165, 1.54) is 0 Å². The smallest absolute Gasteiger partial charge is 0.243 e. The summed E-state index contributed by atoms with van der Waals surface area (Å²) in [6.07, 6.45) is 2.01. The molecule has 0 aromatic heterocycles. The van der Waals surface area contributed by atoms with E-state index in [9.17, 15) is 14.4 Å². The van der Waals surface area contributed by atoms with E-state index in [2.05, 4.69) is 5.32 Å². The molecule has 29 heavy (non-hydrogen) atoms. The van der Waals surface area contributed by atoms with Gasteiger partial charge in [0.05, 0.1) is 24.5 Å². The Morgan fingerprint density at radius 3 is 2.59 bits per heavy atom. The van der Waals surface area contributed by atoms with Crippen LogP contribution in [0.4, 0.5) is 0 Å². The van der Waals surface area contributed by atoms with Crippen LogP contribution in [0.2, 0.25) is 0 Å². The molecule has 0 radical (unpaired) electrons. The lowest BCUT2D eigenvalue weighted by Gasteiger charge is -2.41. The largest absolute Gasteiger partial charge is 0.381 e. The van der Waals surface area contributed by atoms with Crippen LogP contribution in [0.25, 0.3) is 0 Å². The summed E-state index contributed by atoms with van der Waals surface area (Å²) in [5.74, 6) is -0.398. The van der Waals surface area contributed by atoms with Crippen molar-refractivity contribution < 1.29 is 19.1 Å². The lowest BCUT2D eigenvalue weighted by atomic mass is 9.92. The van der Waals surface area contributed by atoms with Gasteiger partial charge in [-0.15, -0.1) is 0 Å². The molecular weight excluding hydrogens is 370 g/mol. The molecule has 0 saturated carbocycles. The van der Waals surface area contributed by atoms with Crippen LogP contribution in [0.15, 0.2) is 30.3 Å². The molecule has 156 valence electrons. The maximum absolute atomic E-state index is 13.2. The van der Waals surface area contributed by atoms with Gasteiger partial charge in [0.2, 0.25) is 17.7 Å². The zero-order chi connectivity index (χ0) is 20.4. The van der Waals surface area contributed by atoms with Crippen molar-refractivity contribution in [2.24, 2.45) is 11.8 Å². The van der Waals surface area contributed by atoms with E-state index >= 15 is 0 Å². The van der Waals surface area contributed by atoms with Gasteiger partial charge in [-0.3, -0.25) is 14.4 Å². The number of carbonyl (C=O) groups excluding carboxylic acids is 3. The predicted molar refractivity (Wildman–Crippen MR) is 107 cm³/mol. The third-order valence-electron chi connectivity index (χ3n) is 6.36. The Kier molecular flexibility index (Phi) is 5.85. The van der Waals surface area contributed by atoms with E-state index in [4.69, 9.17) is 4.74 Å². The highest BCUT2D eigenvalue weighted by molar-refractivity contribution is 5.89. The third-order valence-corrected chi connectivity index (χ3v) is 6.36. The summed E-state index contributed by atoms with van der Waals surface area (Å²) in [7, 11) is 0. The summed E-state index contributed by atoms with van der Waals surface area (Å²) >= 11 is 0. The Hall–Kier alpha value is -2.41. The molecule has 3 fully saturated rings. The van der Waals surface area contributed by atoms with Crippen LogP contribution in [0, 0.1) is 11.8 Å². The molecule has 3 aliphatic heterocycles. The summed E-state index contributed by atoms with van der Waals surface area (Å²) < 4.78 is 5.36. The molecule has 0 bridgehead atoms. The first-order valence-electron chi connectivity index (χ1n) is 10.6. The molecule has 3 saturated heterocycles. The maximum Gasteiger partial charge on any atom is 0.243 e. The van der Waals surface area contributed by atoms with Crippen molar-refractivity contribution in [2.45, 2.75) is 38.3 Å². The average molecular weight is 399 g/mol. The molecule has 3 atom stereocenters. The van der Waals surface area contributed by atoms with Crippen molar-refractivity contribution in [1.82, 2.24) is 15.1 Å². The molecule has 4 rings (SSSR count). The normalized spacial score (nSPS) is 27.6. The highest BCUT2D eigenvalue weighted by Gasteiger charge is 2.51. The monoisotopic (exact) mass is 399 g/mol. The third kappa shape index (κ3) is 3.88. The second-order valence-corrected chi connectivity index (χ2v) is 8.15. The molecule has 0 aliphatic carbocycles.